The standard InChI is InChI=1S/C14H18N2OS/c1-8-5-11(6-9(2)13(8)17)14-16-7-12(18-14)10(3)15-4/h5-7,10,15,17H,1-4H3. The zero-order valence-corrected chi connectivity index (χ0v) is 11.9. The van der Waals surface area contributed by atoms with Gasteiger partial charge in [0.15, 0.2) is 0 Å². The fourth-order valence-corrected chi connectivity index (χ4v) is 2.81. The third-order valence-electron chi connectivity index (χ3n) is 3.12. The molecule has 0 spiro atoms. The lowest BCUT2D eigenvalue weighted by Crippen LogP contribution is -2.10. The van der Waals surface area contributed by atoms with Crippen molar-refractivity contribution in [1.82, 2.24) is 10.3 Å². The molecule has 1 heterocycles. The number of aryl methyl sites for hydroxylation is 2. The lowest BCUT2D eigenvalue weighted by Gasteiger charge is -2.06. The molecule has 0 fully saturated rings. The van der Waals surface area contributed by atoms with Gasteiger partial charge in [-0.2, -0.15) is 0 Å². The highest BCUT2D eigenvalue weighted by Crippen LogP contribution is 2.32. The topological polar surface area (TPSA) is 45.2 Å². The summed E-state index contributed by atoms with van der Waals surface area (Å²) in [5.41, 5.74) is 2.86. The summed E-state index contributed by atoms with van der Waals surface area (Å²) in [6.45, 7) is 5.94. The van der Waals surface area contributed by atoms with Crippen LogP contribution >= 0.6 is 11.3 Å². The SMILES string of the molecule is CNC(C)c1cnc(-c2cc(C)c(O)c(C)c2)s1. The molecule has 2 aromatic rings. The van der Waals surface area contributed by atoms with Gasteiger partial charge < -0.3 is 10.4 Å². The normalized spacial score (nSPS) is 12.7. The Balaban J connectivity index is 2.40. The number of aromatic nitrogens is 1. The lowest BCUT2D eigenvalue weighted by atomic mass is 10.1. The Labute approximate surface area is 112 Å². The van der Waals surface area contributed by atoms with Crippen LogP contribution in [-0.2, 0) is 0 Å². The number of nitrogens with zero attached hydrogens (tertiary/aromatic N) is 1. The zero-order valence-electron chi connectivity index (χ0n) is 11.1. The minimum atomic E-state index is 0.315. The van der Waals surface area contributed by atoms with Crippen LogP contribution in [0.1, 0.15) is 29.0 Å². The van der Waals surface area contributed by atoms with Crippen LogP contribution < -0.4 is 5.32 Å². The van der Waals surface area contributed by atoms with E-state index >= 15 is 0 Å². The molecule has 96 valence electrons. The van der Waals surface area contributed by atoms with Gasteiger partial charge in [-0.3, -0.25) is 0 Å². The Morgan fingerprint density at radius 1 is 1.28 bits per heavy atom. The summed E-state index contributed by atoms with van der Waals surface area (Å²) < 4.78 is 0. The maximum atomic E-state index is 9.78. The first-order valence-corrected chi connectivity index (χ1v) is 6.78. The molecule has 1 aromatic heterocycles. The van der Waals surface area contributed by atoms with Gasteiger partial charge in [0, 0.05) is 22.7 Å². The quantitative estimate of drug-likeness (QED) is 0.891. The zero-order chi connectivity index (χ0) is 13.3. The predicted molar refractivity (Wildman–Crippen MR) is 76.2 cm³/mol. The molecule has 0 amide bonds. The van der Waals surface area contributed by atoms with Crippen LogP contribution in [0.3, 0.4) is 0 Å². The van der Waals surface area contributed by atoms with Gasteiger partial charge in [-0.25, -0.2) is 4.98 Å². The van der Waals surface area contributed by atoms with Gasteiger partial charge >= 0.3 is 0 Å². The summed E-state index contributed by atoms with van der Waals surface area (Å²) in [5, 5.41) is 14.0. The first-order valence-electron chi connectivity index (χ1n) is 5.96. The summed E-state index contributed by atoms with van der Waals surface area (Å²) >= 11 is 1.69. The molecule has 18 heavy (non-hydrogen) atoms. The molecule has 4 heteroatoms. The summed E-state index contributed by atoms with van der Waals surface area (Å²) in [5.74, 6) is 0.374. The van der Waals surface area contributed by atoms with E-state index in [4.69, 9.17) is 0 Å². The molecule has 0 aliphatic carbocycles. The van der Waals surface area contributed by atoms with Crippen LogP contribution in [0.15, 0.2) is 18.3 Å². The summed E-state index contributed by atoms with van der Waals surface area (Å²) in [4.78, 5) is 5.68. The van der Waals surface area contributed by atoms with Gasteiger partial charge in [0.05, 0.1) is 0 Å². The summed E-state index contributed by atoms with van der Waals surface area (Å²) in [7, 11) is 1.94. The Kier molecular flexibility index (Phi) is 3.68. The van der Waals surface area contributed by atoms with Crippen molar-refractivity contribution < 1.29 is 5.11 Å². The number of rotatable bonds is 3. The fraction of sp³-hybridized carbons (Fsp3) is 0.357. The van der Waals surface area contributed by atoms with E-state index in [9.17, 15) is 5.11 Å². The van der Waals surface area contributed by atoms with Crippen LogP contribution in [0.2, 0.25) is 0 Å². The van der Waals surface area contributed by atoms with E-state index in [1.54, 1.807) is 11.3 Å². The van der Waals surface area contributed by atoms with Crippen LogP contribution in [0.5, 0.6) is 5.75 Å². The maximum Gasteiger partial charge on any atom is 0.123 e. The van der Waals surface area contributed by atoms with E-state index in [1.807, 2.05) is 39.2 Å². The molecule has 0 aliphatic rings. The number of benzene rings is 1. The smallest absolute Gasteiger partial charge is 0.123 e. The van der Waals surface area contributed by atoms with Crippen molar-refractivity contribution in [2.24, 2.45) is 0 Å². The van der Waals surface area contributed by atoms with Crippen molar-refractivity contribution in [2.45, 2.75) is 26.8 Å². The molecule has 0 saturated heterocycles. The van der Waals surface area contributed by atoms with E-state index in [1.165, 1.54) is 4.88 Å². The summed E-state index contributed by atoms with van der Waals surface area (Å²) in [6.07, 6.45) is 1.92. The molecular formula is C14H18N2OS. The molecule has 0 radical (unpaired) electrons. The predicted octanol–water partition coefficient (Wildman–Crippen LogP) is 3.41. The fourth-order valence-electron chi connectivity index (χ4n) is 1.84. The van der Waals surface area contributed by atoms with Crippen molar-refractivity contribution in [1.29, 1.82) is 0 Å². The second-order valence-electron chi connectivity index (χ2n) is 4.54. The molecule has 0 aliphatic heterocycles. The number of hydrogen-bond acceptors (Lipinski definition) is 4. The Morgan fingerprint density at radius 2 is 1.89 bits per heavy atom. The first-order chi connectivity index (χ1) is 8.52. The van der Waals surface area contributed by atoms with Crippen molar-refractivity contribution in [3.8, 4) is 16.3 Å². The van der Waals surface area contributed by atoms with Gasteiger partial charge in [0.25, 0.3) is 0 Å². The molecule has 2 rings (SSSR count). The Hall–Kier alpha value is -1.39. The largest absolute Gasteiger partial charge is 0.507 e. The molecule has 1 aromatic carbocycles. The molecule has 0 bridgehead atoms. The third-order valence-corrected chi connectivity index (χ3v) is 4.35. The molecule has 0 saturated carbocycles. The van der Waals surface area contributed by atoms with E-state index in [-0.39, 0.29) is 0 Å². The van der Waals surface area contributed by atoms with Gasteiger partial charge in [-0.15, -0.1) is 11.3 Å². The summed E-state index contributed by atoms with van der Waals surface area (Å²) in [6, 6.07) is 4.28. The number of nitrogens with one attached hydrogen (secondary N) is 1. The second-order valence-corrected chi connectivity index (χ2v) is 5.60. The van der Waals surface area contributed by atoms with Crippen molar-refractivity contribution >= 4 is 11.3 Å². The average Bonchev–Trinajstić information content (AvgIpc) is 2.84. The molecule has 3 nitrogen and oxygen atoms in total. The van der Waals surface area contributed by atoms with Crippen molar-refractivity contribution in [2.75, 3.05) is 7.05 Å². The van der Waals surface area contributed by atoms with Gasteiger partial charge in [0.2, 0.25) is 0 Å². The van der Waals surface area contributed by atoms with Crippen LogP contribution in [-0.4, -0.2) is 17.1 Å². The van der Waals surface area contributed by atoms with Crippen LogP contribution in [0.25, 0.3) is 10.6 Å². The molecule has 1 atom stereocenters. The maximum absolute atomic E-state index is 9.78. The highest BCUT2D eigenvalue weighted by molar-refractivity contribution is 7.15. The Morgan fingerprint density at radius 3 is 2.44 bits per heavy atom. The van der Waals surface area contributed by atoms with Crippen LogP contribution in [0.4, 0.5) is 0 Å². The van der Waals surface area contributed by atoms with Crippen molar-refractivity contribution in [3.05, 3.63) is 34.3 Å². The third kappa shape index (κ3) is 2.40. The number of aromatic hydroxyl groups is 1. The second kappa shape index (κ2) is 5.08. The van der Waals surface area contributed by atoms with E-state index in [0.717, 1.165) is 21.7 Å². The minimum absolute atomic E-state index is 0.315. The highest BCUT2D eigenvalue weighted by Gasteiger charge is 2.11. The number of phenolic OH excluding ortho intramolecular Hbond substituents is 1. The monoisotopic (exact) mass is 262 g/mol. The number of thiazole rings is 1. The number of hydrogen-bond donors (Lipinski definition) is 2. The molecular weight excluding hydrogens is 244 g/mol. The van der Waals surface area contributed by atoms with Gasteiger partial charge in [-0.05, 0) is 51.1 Å². The van der Waals surface area contributed by atoms with Crippen LogP contribution in [0, 0.1) is 13.8 Å². The Bertz CT molecular complexity index is 540. The number of phenols is 1. The van der Waals surface area contributed by atoms with Gasteiger partial charge in [-0.1, -0.05) is 0 Å². The highest BCUT2D eigenvalue weighted by atomic mass is 32.1. The molecule has 1 unspecified atom stereocenters. The minimum Gasteiger partial charge on any atom is -0.507 e. The van der Waals surface area contributed by atoms with Gasteiger partial charge in [0.1, 0.15) is 10.8 Å². The van der Waals surface area contributed by atoms with E-state index < -0.39 is 0 Å². The molecule has 2 N–H and O–H groups in total. The average molecular weight is 262 g/mol. The van der Waals surface area contributed by atoms with E-state index in [0.29, 0.717) is 11.8 Å². The van der Waals surface area contributed by atoms with E-state index in [2.05, 4.69) is 17.2 Å². The first kappa shape index (κ1) is 13.1. The van der Waals surface area contributed by atoms with Crippen molar-refractivity contribution in [3.63, 3.8) is 0 Å². The lowest BCUT2D eigenvalue weighted by molar-refractivity contribution is 0.467.